The molecule has 0 aliphatic carbocycles. The third-order valence-corrected chi connectivity index (χ3v) is 5.72. The van der Waals surface area contributed by atoms with E-state index in [1.54, 1.807) is 23.1 Å². The first-order chi connectivity index (χ1) is 15.1. The largest absolute Gasteiger partial charge is 0.339 e. The lowest BCUT2D eigenvalue weighted by Gasteiger charge is -2.35. The SMILES string of the molecule is O=C(CCCc1ccccc1)N1CCN(C(=O)Cn2cnc3ccccc3c2=O)CC1. The summed E-state index contributed by atoms with van der Waals surface area (Å²) in [4.78, 5) is 45.6. The fraction of sp³-hybridized carbons (Fsp3) is 0.333. The van der Waals surface area contributed by atoms with Crippen molar-refractivity contribution in [3.05, 3.63) is 76.8 Å². The Balaban J connectivity index is 1.26. The molecule has 1 aromatic heterocycles. The van der Waals surface area contributed by atoms with Gasteiger partial charge in [-0.25, -0.2) is 4.98 Å². The highest BCUT2D eigenvalue weighted by molar-refractivity contribution is 5.80. The molecule has 2 heterocycles. The molecule has 0 N–H and O–H groups in total. The van der Waals surface area contributed by atoms with Crippen molar-refractivity contribution in [2.45, 2.75) is 25.8 Å². The summed E-state index contributed by atoms with van der Waals surface area (Å²) in [6.45, 7) is 1.99. The van der Waals surface area contributed by atoms with Gasteiger partial charge in [-0.15, -0.1) is 0 Å². The zero-order valence-electron chi connectivity index (χ0n) is 17.4. The Bertz CT molecular complexity index is 1120. The van der Waals surface area contributed by atoms with E-state index in [-0.39, 0.29) is 23.9 Å². The quantitative estimate of drug-likeness (QED) is 0.614. The van der Waals surface area contributed by atoms with E-state index in [2.05, 4.69) is 17.1 Å². The van der Waals surface area contributed by atoms with Gasteiger partial charge in [0.15, 0.2) is 0 Å². The third kappa shape index (κ3) is 4.99. The molecule has 0 bridgehead atoms. The predicted molar refractivity (Wildman–Crippen MR) is 119 cm³/mol. The van der Waals surface area contributed by atoms with Crippen molar-refractivity contribution in [1.29, 1.82) is 0 Å². The number of rotatable bonds is 6. The smallest absolute Gasteiger partial charge is 0.261 e. The van der Waals surface area contributed by atoms with Crippen LogP contribution in [-0.2, 0) is 22.6 Å². The van der Waals surface area contributed by atoms with Crippen LogP contribution in [0.15, 0.2) is 65.7 Å². The summed E-state index contributed by atoms with van der Waals surface area (Å²) in [6, 6.07) is 17.3. The van der Waals surface area contributed by atoms with E-state index in [4.69, 9.17) is 0 Å². The maximum Gasteiger partial charge on any atom is 0.261 e. The highest BCUT2D eigenvalue weighted by Crippen LogP contribution is 2.10. The van der Waals surface area contributed by atoms with Crippen molar-refractivity contribution in [2.75, 3.05) is 26.2 Å². The average molecular weight is 418 g/mol. The lowest BCUT2D eigenvalue weighted by atomic mass is 10.1. The van der Waals surface area contributed by atoms with Crippen molar-refractivity contribution in [3.8, 4) is 0 Å². The van der Waals surface area contributed by atoms with Crippen LogP contribution in [0.5, 0.6) is 0 Å². The van der Waals surface area contributed by atoms with Gasteiger partial charge in [-0.1, -0.05) is 42.5 Å². The van der Waals surface area contributed by atoms with Gasteiger partial charge in [-0.05, 0) is 30.5 Å². The molecule has 160 valence electrons. The molecule has 0 unspecified atom stereocenters. The zero-order chi connectivity index (χ0) is 21.6. The Morgan fingerprint density at radius 3 is 2.23 bits per heavy atom. The maximum absolute atomic E-state index is 12.7. The van der Waals surface area contributed by atoms with Crippen LogP contribution in [0.2, 0.25) is 0 Å². The number of para-hydroxylation sites is 1. The third-order valence-electron chi connectivity index (χ3n) is 5.72. The molecule has 31 heavy (non-hydrogen) atoms. The number of benzene rings is 2. The number of aryl methyl sites for hydroxylation is 1. The molecule has 0 radical (unpaired) electrons. The van der Waals surface area contributed by atoms with Crippen LogP contribution in [0.4, 0.5) is 0 Å². The molecule has 1 aliphatic heterocycles. The summed E-state index contributed by atoms with van der Waals surface area (Å²) < 4.78 is 1.35. The fourth-order valence-corrected chi connectivity index (χ4v) is 3.92. The average Bonchev–Trinajstić information content (AvgIpc) is 2.82. The highest BCUT2D eigenvalue weighted by atomic mass is 16.2. The first-order valence-corrected chi connectivity index (χ1v) is 10.7. The molecule has 1 saturated heterocycles. The number of carbonyl (C=O) groups is 2. The van der Waals surface area contributed by atoms with E-state index in [9.17, 15) is 14.4 Å². The molecule has 4 rings (SSSR count). The molecule has 0 atom stereocenters. The molecular formula is C24H26N4O3. The van der Waals surface area contributed by atoms with E-state index in [1.165, 1.54) is 16.5 Å². The molecule has 1 fully saturated rings. The zero-order valence-corrected chi connectivity index (χ0v) is 17.4. The normalized spacial score (nSPS) is 14.1. The van der Waals surface area contributed by atoms with Crippen molar-refractivity contribution >= 4 is 22.7 Å². The van der Waals surface area contributed by atoms with Gasteiger partial charge in [0.1, 0.15) is 6.54 Å². The molecule has 0 spiro atoms. The molecular weight excluding hydrogens is 392 g/mol. The number of nitrogens with zero attached hydrogens (tertiary/aromatic N) is 4. The van der Waals surface area contributed by atoms with Gasteiger partial charge in [0, 0.05) is 32.6 Å². The number of fused-ring (bicyclic) bond motifs is 1. The van der Waals surface area contributed by atoms with Gasteiger partial charge in [-0.3, -0.25) is 19.0 Å². The summed E-state index contributed by atoms with van der Waals surface area (Å²) in [7, 11) is 0. The first-order valence-electron chi connectivity index (χ1n) is 10.7. The number of aromatic nitrogens is 2. The standard InChI is InChI=1S/C24H26N4O3/c29-22(12-6-9-19-7-2-1-3-8-19)26-13-15-27(16-14-26)23(30)17-28-18-25-21-11-5-4-10-20(21)24(28)31/h1-5,7-8,10-11,18H,6,9,12-17H2. The number of hydrogen-bond donors (Lipinski definition) is 0. The summed E-state index contributed by atoms with van der Waals surface area (Å²) in [5.41, 5.74) is 1.64. The number of carbonyl (C=O) groups excluding carboxylic acids is 2. The van der Waals surface area contributed by atoms with Gasteiger partial charge in [0.25, 0.3) is 5.56 Å². The number of amides is 2. The molecule has 2 amide bonds. The second-order valence-corrected chi connectivity index (χ2v) is 7.80. The van der Waals surface area contributed by atoms with Crippen LogP contribution in [0.3, 0.4) is 0 Å². The lowest BCUT2D eigenvalue weighted by molar-refractivity contribution is -0.140. The van der Waals surface area contributed by atoms with Crippen LogP contribution in [-0.4, -0.2) is 57.3 Å². The summed E-state index contributed by atoms with van der Waals surface area (Å²) >= 11 is 0. The summed E-state index contributed by atoms with van der Waals surface area (Å²) in [5.74, 6) is 0.00772. The van der Waals surface area contributed by atoms with Gasteiger partial charge < -0.3 is 9.80 Å². The summed E-state index contributed by atoms with van der Waals surface area (Å²) in [5, 5.41) is 0.503. The van der Waals surface area contributed by atoms with Crippen molar-refractivity contribution < 1.29 is 9.59 Å². The maximum atomic E-state index is 12.7. The Morgan fingerprint density at radius 1 is 0.839 bits per heavy atom. The minimum absolute atomic E-state index is 0.0400. The van der Waals surface area contributed by atoms with Crippen LogP contribution >= 0.6 is 0 Å². The van der Waals surface area contributed by atoms with Crippen molar-refractivity contribution in [2.24, 2.45) is 0 Å². The molecule has 1 aliphatic rings. The predicted octanol–water partition coefficient (Wildman–Crippen LogP) is 2.09. The molecule has 7 nitrogen and oxygen atoms in total. The molecule has 0 saturated carbocycles. The van der Waals surface area contributed by atoms with E-state index in [1.807, 2.05) is 29.2 Å². The van der Waals surface area contributed by atoms with Gasteiger partial charge in [0.05, 0.1) is 17.2 Å². The van der Waals surface area contributed by atoms with E-state index >= 15 is 0 Å². The second-order valence-electron chi connectivity index (χ2n) is 7.80. The Labute approximate surface area is 180 Å². The minimum atomic E-state index is -0.217. The van der Waals surface area contributed by atoms with Crippen LogP contribution in [0, 0.1) is 0 Å². The molecule has 2 aromatic carbocycles. The lowest BCUT2D eigenvalue weighted by Crippen LogP contribution is -2.51. The second kappa shape index (κ2) is 9.55. The van der Waals surface area contributed by atoms with Gasteiger partial charge in [0.2, 0.25) is 11.8 Å². The molecule has 7 heteroatoms. The minimum Gasteiger partial charge on any atom is -0.339 e. The van der Waals surface area contributed by atoms with Crippen molar-refractivity contribution in [1.82, 2.24) is 19.4 Å². The van der Waals surface area contributed by atoms with E-state index < -0.39 is 0 Å². The highest BCUT2D eigenvalue weighted by Gasteiger charge is 2.24. The number of piperazine rings is 1. The van der Waals surface area contributed by atoms with Crippen LogP contribution < -0.4 is 5.56 Å². The van der Waals surface area contributed by atoms with Crippen LogP contribution in [0.25, 0.3) is 10.9 Å². The van der Waals surface area contributed by atoms with E-state index in [0.29, 0.717) is 43.5 Å². The Hall–Kier alpha value is -3.48. The van der Waals surface area contributed by atoms with Gasteiger partial charge >= 0.3 is 0 Å². The van der Waals surface area contributed by atoms with Crippen molar-refractivity contribution in [3.63, 3.8) is 0 Å². The first kappa shape index (κ1) is 20.8. The topological polar surface area (TPSA) is 75.5 Å². The Kier molecular flexibility index (Phi) is 6.40. The monoisotopic (exact) mass is 418 g/mol. The Morgan fingerprint density at radius 2 is 1.48 bits per heavy atom. The van der Waals surface area contributed by atoms with Gasteiger partial charge in [-0.2, -0.15) is 0 Å². The fourth-order valence-electron chi connectivity index (χ4n) is 3.92. The van der Waals surface area contributed by atoms with Crippen LogP contribution in [0.1, 0.15) is 18.4 Å². The summed E-state index contributed by atoms with van der Waals surface area (Å²) in [6.07, 6.45) is 3.65. The van der Waals surface area contributed by atoms with E-state index in [0.717, 1.165) is 12.8 Å². The molecule has 3 aromatic rings. The number of hydrogen-bond acceptors (Lipinski definition) is 4.